The van der Waals surface area contributed by atoms with Gasteiger partial charge in [-0.25, -0.2) is 4.79 Å². The maximum atomic E-state index is 13.3. The van der Waals surface area contributed by atoms with Crippen LogP contribution in [-0.2, 0) is 24.3 Å². The van der Waals surface area contributed by atoms with Gasteiger partial charge in [-0.3, -0.25) is 4.90 Å². The SMILES string of the molecule is CC1CCC(C)N1C1(COc2nc3c(c(N4CCN(C(=O)OCc5ccccc5)[C@@H](CC#N)C4)n2)CCN(c2cccc4cccc(Cl)c24)C3)CC1. The number of nitriles is 1. The van der Waals surface area contributed by atoms with Gasteiger partial charge in [-0.1, -0.05) is 66.2 Å². The molecule has 3 fully saturated rings. The van der Waals surface area contributed by atoms with E-state index in [1.54, 1.807) is 4.90 Å². The van der Waals surface area contributed by atoms with E-state index in [0.29, 0.717) is 50.9 Å². The Labute approximate surface area is 310 Å². The highest BCUT2D eigenvalue weighted by atomic mass is 35.5. The third kappa shape index (κ3) is 6.72. The van der Waals surface area contributed by atoms with Crippen LogP contribution < -0.4 is 14.5 Å². The van der Waals surface area contributed by atoms with Gasteiger partial charge in [0.1, 0.15) is 19.0 Å². The first-order chi connectivity index (χ1) is 25.3. The van der Waals surface area contributed by atoms with Crippen molar-refractivity contribution < 1.29 is 14.3 Å². The molecule has 1 amide bonds. The largest absolute Gasteiger partial charge is 0.461 e. The monoisotopic (exact) mass is 719 g/mol. The van der Waals surface area contributed by atoms with Gasteiger partial charge in [-0.15, -0.1) is 0 Å². The minimum Gasteiger partial charge on any atom is -0.461 e. The quantitative estimate of drug-likeness (QED) is 0.176. The van der Waals surface area contributed by atoms with Crippen LogP contribution in [0.4, 0.5) is 16.3 Å². The normalized spacial score (nSPS) is 22.6. The summed E-state index contributed by atoms with van der Waals surface area (Å²) in [6.07, 6.45) is 5.19. The average molecular weight is 720 g/mol. The van der Waals surface area contributed by atoms with Crippen molar-refractivity contribution in [1.82, 2.24) is 19.8 Å². The van der Waals surface area contributed by atoms with Crippen LogP contribution >= 0.6 is 11.6 Å². The van der Waals surface area contributed by atoms with E-state index in [1.807, 2.05) is 42.5 Å². The van der Waals surface area contributed by atoms with E-state index in [4.69, 9.17) is 31.0 Å². The van der Waals surface area contributed by atoms with E-state index in [0.717, 1.165) is 69.9 Å². The van der Waals surface area contributed by atoms with Crippen molar-refractivity contribution >= 4 is 40.0 Å². The Kier molecular flexibility index (Phi) is 9.58. The summed E-state index contributed by atoms with van der Waals surface area (Å²) in [7, 11) is 0. The lowest BCUT2D eigenvalue weighted by atomic mass is 10.0. The fraction of sp³-hybridized carbons (Fsp3) is 0.463. The zero-order valence-corrected chi connectivity index (χ0v) is 30.8. The molecule has 3 aliphatic heterocycles. The smallest absolute Gasteiger partial charge is 0.410 e. The minimum absolute atomic E-state index is 0.0319. The lowest BCUT2D eigenvalue weighted by Crippen LogP contribution is -2.55. The average Bonchev–Trinajstić information content (AvgIpc) is 3.87. The van der Waals surface area contributed by atoms with Gasteiger partial charge in [0.15, 0.2) is 0 Å². The molecule has 1 aromatic heterocycles. The van der Waals surface area contributed by atoms with Crippen LogP contribution in [0, 0.1) is 11.3 Å². The van der Waals surface area contributed by atoms with E-state index < -0.39 is 6.09 Å². The lowest BCUT2D eigenvalue weighted by molar-refractivity contribution is 0.0759. The Morgan fingerprint density at radius 3 is 2.48 bits per heavy atom. The number of carbonyl (C=O) groups is 1. The Balaban J connectivity index is 1.08. The predicted octanol–water partition coefficient (Wildman–Crippen LogP) is 7.37. The van der Waals surface area contributed by atoms with E-state index in [9.17, 15) is 10.1 Å². The molecule has 1 saturated carbocycles. The van der Waals surface area contributed by atoms with Crippen molar-refractivity contribution in [2.24, 2.45) is 0 Å². The van der Waals surface area contributed by atoms with Gasteiger partial charge in [0.05, 0.1) is 41.3 Å². The molecule has 4 aliphatic rings. The van der Waals surface area contributed by atoms with Crippen LogP contribution in [0.2, 0.25) is 5.02 Å². The van der Waals surface area contributed by atoms with Crippen LogP contribution in [0.15, 0.2) is 66.7 Å². The van der Waals surface area contributed by atoms with Crippen LogP contribution in [0.25, 0.3) is 10.8 Å². The second-order valence-corrected chi connectivity index (χ2v) is 15.3. The highest BCUT2D eigenvalue weighted by Gasteiger charge is 2.53. The van der Waals surface area contributed by atoms with Crippen LogP contribution in [0.1, 0.15) is 62.8 Å². The van der Waals surface area contributed by atoms with Crippen molar-refractivity contribution in [2.75, 3.05) is 42.6 Å². The highest BCUT2D eigenvalue weighted by molar-refractivity contribution is 6.36. The first-order valence-corrected chi connectivity index (χ1v) is 19.0. The van der Waals surface area contributed by atoms with Crippen LogP contribution in [0.5, 0.6) is 6.01 Å². The number of hydrogen-bond donors (Lipinski definition) is 0. The molecule has 0 radical (unpaired) electrons. The number of fused-ring (bicyclic) bond motifs is 2. The number of likely N-dealkylation sites (tertiary alicyclic amines) is 1. The summed E-state index contributed by atoms with van der Waals surface area (Å²) in [5.74, 6) is 0.837. The summed E-state index contributed by atoms with van der Waals surface area (Å²) < 4.78 is 12.3. The van der Waals surface area contributed by atoms with E-state index in [1.165, 1.54) is 12.8 Å². The van der Waals surface area contributed by atoms with Crippen molar-refractivity contribution in [3.8, 4) is 12.1 Å². The fourth-order valence-electron chi connectivity index (χ4n) is 8.78. The molecule has 3 aromatic carbocycles. The number of hydrogen-bond acceptors (Lipinski definition) is 9. The van der Waals surface area contributed by atoms with Gasteiger partial charge in [0.25, 0.3) is 0 Å². The van der Waals surface area contributed by atoms with Gasteiger partial charge in [0, 0.05) is 54.9 Å². The zero-order valence-electron chi connectivity index (χ0n) is 30.0. The van der Waals surface area contributed by atoms with Gasteiger partial charge in [0.2, 0.25) is 0 Å². The molecule has 270 valence electrons. The number of nitrogens with zero attached hydrogens (tertiary/aromatic N) is 7. The number of benzene rings is 3. The zero-order chi connectivity index (χ0) is 35.8. The Morgan fingerprint density at radius 2 is 1.73 bits per heavy atom. The minimum atomic E-state index is -0.401. The molecule has 4 aromatic rings. The molecular formula is C41H46ClN7O3. The summed E-state index contributed by atoms with van der Waals surface area (Å²) in [5, 5.41) is 12.7. The maximum Gasteiger partial charge on any atom is 0.410 e. The van der Waals surface area contributed by atoms with Gasteiger partial charge in [-0.05, 0) is 69.0 Å². The van der Waals surface area contributed by atoms with Crippen molar-refractivity contribution in [1.29, 1.82) is 5.26 Å². The summed E-state index contributed by atoms with van der Waals surface area (Å²) in [6, 6.07) is 25.4. The first-order valence-electron chi connectivity index (χ1n) is 18.7. The molecule has 4 heterocycles. The molecule has 52 heavy (non-hydrogen) atoms. The van der Waals surface area contributed by atoms with Gasteiger partial charge >= 0.3 is 12.1 Å². The molecule has 0 N–H and O–H groups in total. The second-order valence-electron chi connectivity index (χ2n) is 14.9. The lowest BCUT2D eigenvalue weighted by Gasteiger charge is -2.42. The number of halogens is 1. The van der Waals surface area contributed by atoms with E-state index in [2.05, 4.69) is 58.9 Å². The number of aromatic nitrogens is 2. The predicted molar refractivity (Wildman–Crippen MR) is 203 cm³/mol. The summed E-state index contributed by atoms with van der Waals surface area (Å²) in [6.45, 7) is 8.21. The third-order valence-corrected chi connectivity index (χ3v) is 11.9. The molecular weight excluding hydrogens is 674 g/mol. The third-order valence-electron chi connectivity index (χ3n) is 11.5. The molecule has 11 heteroatoms. The number of amides is 1. The fourth-order valence-corrected chi connectivity index (χ4v) is 9.06. The van der Waals surface area contributed by atoms with Gasteiger partial charge in [-0.2, -0.15) is 15.2 Å². The van der Waals surface area contributed by atoms with Crippen molar-refractivity contribution in [3.05, 3.63) is 88.6 Å². The standard InChI is InChI=1S/C41H46ClN7O3/c1-28-14-15-29(2)49(28)41(18-19-41)27-52-39-44-35-25-46(36-13-7-11-31-10-6-12-34(42)37(31)36)21-17-33(35)38(45-39)47-22-23-48(32(24-47)16-20-43)40(50)51-26-30-8-4-3-5-9-30/h3-13,28-29,32H,14-19,21-27H2,1-2H3/t28?,29?,32-/m0/s1. The van der Waals surface area contributed by atoms with Crippen LogP contribution in [0.3, 0.4) is 0 Å². The first kappa shape index (κ1) is 34.5. The Morgan fingerprint density at radius 1 is 0.962 bits per heavy atom. The highest BCUT2D eigenvalue weighted by Crippen LogP contribution is 2.48. The number of rotatable bonds is 9. The molecule has 0 bridgehead atoms. The molecule has 3 atom stereocenters. The number of anilines is 2. The Bertz CT molecular complexity index is 1970. The molecule has 8 rings (SSSR count). The van der Waals surface area contributed by atoms with Crippen molar-refractivity contribution in [2.45, 2.75) is 89.2 Å². The maximum absolute atomic E-state index is 13.3. The summed E-state index contributed by atoms with van der Waals surface area (Å²) in [4.78, 5) is 32.5. The number of ether oxygens (including phenoxy) is 2. The molecule has 2 saturated heterocycles. The molecule has 0 spiro atoms. The summed E-state index contributed by atoms with van der Waals surface area (Å²) >= 11 is 6.78. The van der Waals surface area contributed by atoms with Gasteiger partial charge < -0.3 is 24.2 Å². The number of piperazine rings is 1. The van der Waals surface area contributed by atoms with Crippen LogP contribution in [-0.4, -0.2) is 82.3 Å². The van der Waals surface area contributed by atoms with E-state index >= 15 is 0 Å². The Hall–Kier alpha value is -4.59. The summed E-state index contributed by atoms with van der Waals surface area (Å²) in [5.41, 5.74) is 4.07. The molecule has 1 aliphatic carbocycles. The second kappa shape index (κ2) is 14.4. The molecule has 2 unspecified atom stereocenters. The van der Waals surface area contributed by atoms with E-state index in [-0.39, 0.29) is 24.6 Å². The number of carbonyl (C=O) groups excluding carboxylic acids is 1. The van der Waals surface area contributed by atoms with Crippen molar-refractivity contribution in [3.63, 3.8) is 0 Å². The molecule has 10 nitrogen and oxygen atoms in total. The topological polar surface area (TPSA) is 98.1 Å².